The molecule has 6 rings (SSSR count). The van der Waals surface area contributed by atoms with Gasteiger partial charge >= 0.3 is 0 Å². The van der Waals surface area contributed by atoms with Gasteiger partial charge in [0.15, 0.2) is 4.80 Å². The highest BCUT2D eigenvalue weighted by molar-refractivity contribution is 7.07. The standard InChI is InChI=1S/C33H25Cl2N3O5S/c1-18-28(31(39)37-19-8-5-4-6-9-19)30(23-14-12-20(41-2)16-26(23)42-3)38-32(40)27(44-33(38)36-18)17-21-13-15-25(43-21)22-10-7-11-24(34)29(22)35/h4-17,30H,1-3H3,(H,37,39)/b27-17-/t30-/m1/s1. The summed E-state index contributed by atoms with van der Waals surface area (Å²) in [5, 5.41) is 3.73. The summed E-state index contributed by atoms with van der Waals surface area (Å²) in [7, 11) is 3.09. The number of anilines is 1. The van der Waals surface area contributed by atoms with Crippen LogP contribution < -0.4 is 29.7 Å². The number of carbonyl (C=O) groups excluding carboxylic acids is 1. The number of furan rings is 1. The lowest BCUT2D eigenvalue weighted by Gasteiger charge is -2.26. The first-order chi connectivity index (χ1) is 21.3. The molecule has 3 heterocycles. The van der Waals surface area contributed by atoms with Gasteiger partial charge in [-0.1, -0.05) is 58.8 Å². The van der Waals surface area contributed by atoms with Crippen molar-refractivity contribution in [2.45, 2.75) is 13.0 Å². The molecule has 0 saturated carbocycles. The topological polar surface area (TPSA) is 95.1 Å². The van der Waals surface area contributed by atoms with Gasteiger partial charge in [-0.15, -0.1) is 0 Å². The highest BCUT2D eigenvalue weighted by atomic mass is 35.5. The number of carbonyl (C=O) groups is 1. The van der Waals surface area contributed by atoms with E-state index in [1.807, 2.05) is 18.2 Å². The second kappa shape index (κ2) is 12.2. The smallest absolute Gasteiger partial charge is 0.271 e. The molecule has 0 saturated heterocycles. The van der Waals surface area contributed by atoms with Crippen LogP contribution in [0.4, 0.5) is 5.69 Å². The minimum atomic E-state index is -0.838. The van der Waals surface area contributed by atoms with E-state index in [1.54, 1.807) is 80.8 Å². The summed E-state index contributed by atoms with van der Waals surface area (Å²) >= 11 is 13.8. The number of benzene rings is 3. The molecule has 0 fully saturated rings. The number of allylic oxidation sites excluding steroid dienone is 1. The van der Waals surface area contributed by atoms with E-state index in [1.165, 1.54) is 23.0 Å². The summed E-state index contributed by atoms with van der Waals surface area (Å²) < 4.78 is 19.0. The van der Waals surface area contributed by atoms with E-state index in [0.29, 0.717) is 70.5 Å². The van der Waals surface area contributed by atoms with E-state index in [0.717, 1.165) is 0 Å². The number of fused-ring (bicyclic) bond motifs is 1. The van der Waals surface area contributed by atoms with Crippen LogP contribution in [0.1, 0.15) is 24.3 Å². The molecule has 0 spiro atoms. The number of thiazole rings is 1. The molecule has 11 heteroatoms. The lowest BCUT2D eigenvalue weighted by atomic mass is 9.94. The highest BCUT2D eigenvalue weighted by Gasteiger charge is 2.34. The maximum atomic E-state index is 14.1. The predicted molar refractivity (Wildman–Crippen MR) is 173 cm³/mol. The Hall–Kier alpha value is -4.57. The third-order valence-corrected chi connectivity index (χ3v) is 8.95. The average molecular weight is 647 g/mol. The Morgan fingerprint density at radius 2 is 1.82 bits per heavy atom. The van der Waals surface area contributed by atoms with Crippen LogP contribution in [0.5, 0.6) is 11.5 Å². The molecule has 222 valence electrons. The zero-order chi connectivity index (χ0) is 31.0. The molecule has 1 amide bonds. The van der Waals surface area contributed by atoms with E-state index < -0.39 is 6.04 Å². The van der Waals surface area contributed by atoms with Gasteiger partial charge in [0.05, 0.1) is 40.1 Å². The molecule has 0 unspecified atom stereocenters. The third-order valence-electron chi connectivity index (χ3n) is 7.15. The molecule has 0 bridgehead atoms. The van der Waals surface area contributed by atoms with Gasteiger partial charge in [-0.2, -0.15) is 0 Å². The minimum Gasteiger partial charge on any atom is -0.497 e. The van der Waals surface area contributed by atoms with E-state index >= 15 is 0 Å². The molecule has 1 N–H and O–H groups in total. The van der Waals surface area contributed by atoms with Crippen molar-refractivity contribution in [1.29, 1.82) is 0 Å². The van der Waals surface area contributed by atoms with E-state index in [4.69, 9.17) is 42.1 Å². The Morgan fingerprint density at radius 1 is 1.02 bits per heavy atom. The molecule has 1 aliphatic heterocycles. The molecular weight excluding hydrogens is 621 g/mol. The Kier molecular flexibility index (Phi) is 8.18. The number of halogens is 2. The molecule has 2 aromatic heterocycles. The molecule has 5 aromatic rings. The summed E-state index contributed by atoms with van der Waals surface area (Å²) in [4.78, 5) is 33.1. The first-order valence-electron chi connectivity index (χ1n) is 13.4. The van der Waals surface area contributed by atoms with Gasteiger partial charge in [0.25, 0.3) is 11.5 Å². The number of ether oxygens (including phenoxy) is 2. The van der Waals surface area contributed by atoms with Gasteiger partial charge in [-0.25, -0.2) is 4.99 Å². The number of amides is 1. The van der Waals surface area contributed by atoms with Gasteiger partial charge in [-0.05, 0) is 55.5 Å². The van der Waals surface area contributed by atoms with Crippen LogP contribution >= 0.6 is 34.5 Å². The summed E-state index contributed by atoms with van der Waals surface area (Å²) in [6.45, 7) is 1.76. The van der Waals surface area contributed by atoms with Gasteiger partial charge in [0, 0.05) is 29.0 Å². The molecular formula is C33H25Cl2N3O5S. The van der Waals surface area contributed by atoms with Gasteiger partial charge in [-0.3, -0.25) is 14.2 Å². The van der Waals surface area contributed by atoms with Crippen LogP contribution in [0, 0.1) is 0 Å². The summed E-state index contributed by atoms with van der Waals surface area (Å²) in [5.74, 6) is 1.59. The van der Waals surface area contributed by atoms with Crippen molar-refractivity contribution >= 4 is 52.2 Å². The third kappa shape index (κ3) is 5.45. The minimum absolute atomic E-state index is 0.312. The van der Waals surface area contributed by atoms with Crippen molar-refractivity contribution in [3.05, 3.63) is 131 Å². The van der Waals surface area contributed by atoms with Crippen molar-refractivity contribution < 1.29 is 18.7 Å². The van der Waals surface area contributed by atoms with Gasteiger partial charge < -0.3 is 19.2 Å². The van der Waals surface area contributed by atoms with Crippen molar-refractivity contribution in [1.82, 2.24) is 4.57 Å². The lowest BCUT2D eigenvalue weighted by molar-refractivity contribution is -0.113. The fraction of sp³-hybridized carbons (Fsp3) is 0.121. The molecule has 0 radical (unpaired) electrons. The largest absolute Gasteiger partial charge is 0.497 e. The predicted octanol–water partition coefficient (Wildman–Crippen LogP) is 6.46. The van der Waals surface area contributed by atoms with E-state index in [2.05, 4.69) is 5.32 Å². The maximum Gasteiger partial charge on any atom is 0.271 e. The zero-order valence-corrected chi connectivity index (χ0v) is 26.1. The van der Waals surface area contributed by atoms with Crippen LogP contribution in [-0.2, 0) is 4.79 Å². The highest BCUT2D eigenvalue weighted by Crippen LogP contribution is 2.38. The van der Waals surface area contributed by atoms with Crippen LogP contribution in [0.2, 0.25) is 10.0 Å². The maximum absolute atomic E-state index is 14.1. The Balaban J connectivity index is 1.49. The number of rotatable bonds is 7. The number of nitrogens with one attached hydrogen (secondary N) is 1. The fourth-order valence-corrected chi connectivity index (χ4v) is 6.49. The van der Waals surface area contributed by atoms with Crippen LogP contribution in [0.3, 0.4) is 0 Å². The van der Waals surface area contributed by atoms with E-state index in [9.17, 15) is 9.59 Å². The van der Waals surface area contributed by atoms with Crippen molar-refractivity contribution in [2.75, 3.05) is 19.5 Å². The van der Waals surface area contributed by atoms with E-state index in [-0.39, 0.29) is 11.5 Å². The van der Waals surface area contributed by atoms with Crippen molar-refractivity contribution in [3.63, 3.8) is 0 Å². The lowest BCUT2D eigenvalue weighted by Crippen LogP contribution is -2.40. The normalized spacial score (nSPS) is 14.7. The average Bonchev–Trinajstić information content (AvgIpc) is 3.61. The SMILES string of the molecule is COc1ccc([C@@H]2C(C(=O)Nc3ccccc3)=C(C)N=c3s/c(=C\c4ccc(-c5cccc(Cl)c5Cl)o4)c(=O)n32)c(OC)c1. The quantitative estimate of drug-likeness (QED) is 0.219. The van der Waals surface area contributed by atoms with Gasteiger partial charge in [0.2, 0.25) is 0 Å². The first kappa shape index (κ1) is 29.5. The fourth-order valence-electron chi connectivity index (χ4n) is 5.07. The number of aromatic nitrogens is 1. The Labute approximate surface area is 266 Å². The van der Waals surface area contributed by atoms with Crippen molar-refractivity contribution in [2.24, 2.45) is 4.99 Å². The second-order valence-electron chi connectivity index (χ2n) is 9.81. The number of para-hydroxylation sites is 1. The summed E-state index contributed by atoms with van der Waals surface area (Å²) in [6, 6.07) is 22.3. The first-order valence-corrected chi connectivity index (χ1v) is 15.0. The zero-order valence-electron chi connectivity index (χ0n) is 23.8. The Morgan fingerprint density at radius 3 is 2.57 bits per heavy atom. The van der Waals surface area contributed by atoms with Crippen molar-refractivity contribution in [3.8, 4) is 22.8 Å². The van der Waals surface area contributed by atoms with Crippen LogP contribution in [0.25, 0.3) is 17.4 Å². The Bertz CT molecular complexity index is 2110. The molecule has 44 heavy (non-hydrogen) atoms. The number of hydrogen-bond acceptors (Lipinski definition) is 7. The monoisotopic (exact) mass is 645 g/mol. The molecule has 0 aliphatic carbocycles. The van der Waals surface area contributed by atoms with Gasteiger partial charge in [0.1, 0.15) is 29.1 Å². The molecule has 3 aromatic carbocycles. The molecule has 1 atom stereocenters. The summed E-state index contributed by atoms with van der Waals surface area (Å²) in [5.41, 5.74) is 2.30. The molecule has 1 aliphatic rings. The molecule has 8 nitrogen and oxygen atoms in total. The number of nitrogens with zero attached hydrogens (tertiary/aromatic N) is 2. The summed E-state index contributed by atoms with van der Waals surface area (Å²) in [6.07, 6.45) is 1.65. The van der Waals surface area contributed by atoms with Crippen LogP contribution in [0.15, 0.2) is 104 Å². The second-order valence-corrected chi connectivity index (χ2v) is 11.6. The number of hydrogen-bond donors (Lipinski definition) is 1. The van der Waals surface area contributed by atoms with Crippen LogP contribution in [-0.4, -0.2) is 24.7 Å². The number of methoxy groups -OCH3 is 2.